The lowest BCUT2D eigenvalue weighted by atomic mass is 10.1. The molecule has 1 fully saturated rings. The van der Waals surface area contributed by atoms with Crippen LogP contribution < -0.4 is 5.32 Å². The van der Waals surface area contributed by atoms with Gasteiger partial charge in [-0.05, 0) is 36.3 Å². The Kier molecular flexibility index (Phi) is 5.56. The number of aliphatic hydroxyl groups excluding tert-OH is 1. The van der Waals surface area contributed by atoms with E-state index in [1.165, 1.54) is 10.4 Å². The van der Waals surface area contributed by atoms with Crippen molar-refractivity contribution in [3.63, 3.8) is 0 Å². The SMILES string of the molecule is CN(CC1CCCC1O)C(=O)NCCN1CCc2sccc2C1. The number of amides is 2. The van der Waals surface area contributed by atoms with Crippen molar-refractivity contribution >= 4 is 17.4 Å². The highest BCUT2D eigenvalue weighted by Crippen LogP contribution is 2.26. The summed E-state index contributed by atoms with van der Waals surface area (Å²) in [6.07, 6.45) is 3.86. The highest BCUT2D eigenvalue weighted by molar-refractivity contribution is 7.10. The van der Waals surface area contributed by atoms with Gasteiger partial charge in [-0.15, -0.1) is 11.3 Å². The molecule has 0 saturated heterocycles. The minimum absolute atomic E-state index is 0.0302. The van der Waals surface area contributed by atoms with Crippen molar-refractivity contribution in [2.75, 3.05) is 33.2 Å². The van der Waals surface area contributed by atoms with Gasteiger partial charge in [0, 0.05) is 50.6 Å². The number of thiophene rings is 1. The summed E-state index contributed by atoms with van der Waals surface area (Å²) < 4.78 is 0. The Balaban J connectivity index is 1.36. The van der Waals surface area contributed by atoms with E-state index in [1.54, 1.807) is 4.90 Å². The fourth-order valence-electron chi connectivity index (χ4n) is 3.62. The molecular weight excluding hydrogens is 310 g/mol. The topological polar surface area (TPSA) is 55.8 Å². The second kappa shape index (κ2) is 7.64. The van der Waals surface area contributed by atoms with Gasteiger partial charge in [-0.3, -0.25) is 4.90 Å². The minimum atomic E-state index is -0.238. The number of nitrogens with zero attached hydrogens (tertiary/aromatic N) is 2. The highest BCUT2D eigenvalue weighted by atomic mass is 32.1. The second-order valence-corrected chi connectivity index (χ2v) is 7.77. The zero-order valence-corrected chi connectivity index (χ0v) is 14.6. The van der Waals surface area contributed by atoms with Gasteiger partial charge >= 0.3 is 6.03 Å². The first-order valence-corrected chi connectivity index (χ1v) is 9.46. The molecule has 128 valence electrons. The van der Waals surface area contributed by atoms with Crippen LogP contribution in [0, 0.1) is 5.92 Å². The third kappa shape index (κ3) is 4.25. The summed E-state index contributed by atoms with van der Waals surface area (Å²) in [5.74, 6) is 0.241. The molecule has 2 N–H and O–H groups in total. The van der Waals surface area contributed by atoms with E-state index in [0.29, 0.717) is 13.1 Å². The average Bonchev–Trinajstić information content (AvgIpc) is 3.16. The van der Waals surface area contributed by atoms with Crippen LogP contribution in [0.5, 0.6) is 0 Å². The molecule has 5 nitrogen and oxygen atoms in total. The van der Waals surface area contributed by atoms with Crippen LogP contribution in [0.25, 0.3) is 0 Å². The van der Waals surface area contributed by atoms with Crippen molar-refractivity contribution in [2.24, 2.45) is 5.92 Å². The molecule has 2 heterocycles. The molecular formula is C17H27N3O2S. The maximum atomic E-state index is 12.2. The quantitative estimate of drug-likeness (QED) is 0.863. The molecule has 1 aromatic rings. The number of hydrogen-bond donors (Lipinski definition) is 2. The summed E-state index contributed by atoms with van der Waals surface area (Å²) in [5, 5.41) is 15.0. The maximum Gasteiger partial charge on any atom is 0.317 e. The molecule has 1 aliphatic heterocycles. The van der Waals surface area contributed by atoms with Crippen molar-refractivity contribution in [2.45, 2.75) is 38.3 Å². The van der Waals surface area contributed by atoms with E-state index in [9.17, 15) is 9.90 Å². The zero-order valence-electron chi connectivity index (χ0n) is 13.8. The summed E-state index contributed by atoms with van der Waals surface area (Å²) in [6, 6.07) is 2.18. The van der Waals surface area contributed by atoms with Gasteiger partial charge in [0.2, 0.25) is 0 Å². The van der Waals surface area contributed by atoms with Gasteiger partial charge in [-0.2, -0.15) is 0 Å². The number of carbonyl (C=O) groups is 1. The molecule has 3 rings (SSSR count). The molecule has 0 aromatic carbocycles. The van der Waals surface area contributed by atoms with E-state index in [0.717, 1.165) is 45.3 Å². The lowest BCUT2D eigenvalue weighted by molar-refractivity contribution is 0.113. The normalized spacial score (nSPS) is 24.4. The summed E-state index contributed by atoms with van der Waals surface area (Å²) in [7, 11) is 1.82. The van der Waals surface area contributed by atoms with Crippen LogP contribution in [0.4, 0.5) is 4.79 Å². The average molecular weight is 337 g/mol. The van der Waals surface area contributed by atoms with Gasteiger partial charge in [0.05, 0.1) is 6.10 Å². The Morgan fingerprint density at radius 3 is 3.17 bits per heavy atom. The van der Waals surface area contributed by atoms with Crippen LogP contribution in [-0.2, 0) is 13.0 Å². The van der Waals surface area contributed by atoms with Crippen LogP contribution >= 0.6 is 11.3 Å². The zero-order chi connectivity index (χ0) is 16.2. The summed E-state index contributed by atoms with van der Waals surface area (Å²) in [5.41, 5.74) is 1.44. The van der Waals surface area contributed by atoms with Gasteiger partial charge in [0.15, 0.2) is 0 Å². The molecule has 2 amide bonds. The predicted octanol–water partition coefficient (Wildman–Crippen LogP) is 1.91. The lowest BCUT2D eigenvalue weighted by Crippen LogP contribution is -2.44. The van der Waals surface area contributed by atoms with Crippen molar-refractivity contribution in [3.05, 3.63) is 21.9 Å². The monoisotopic (exact) mass is 337 g/mol. The molecule has 0 spiro atoms. The van der Waals surface area contributed by atoms with E-state index >= 15 is 0 Å². The molecule has 2 unspecified atom stereocenters. The largest absolute Gasteiger partial charge is 0.393 e. The number of nitrogens with one attached hydrogen (secondary N) is 1. The third-order valence-corrected chi connectivity index (χ3v) is 6.09. The van der Waals surface area contributed by atoms with E-state index < -0.39 is 0 Å². The summed E-state index contributed by atoms with van der Waals surface area (Å²) in [6.45, 7) is 4.29. The number of fused-ring (bicyclic) bond motifs is 1. The third-order valence-electron chi connectivity index (χ3n) is 5.07. The van der Waals surface area contributed by atoms with E-state index in [4.69, 9.17) is 0 Å². The van der Waals surface area contributed by atoms with Crippen LogP contribution in [0.2, 0.25) is 0 Å². The van der Waals surface area contributed by atoms with Crippen LogP contribution in [0.3, 0.4) is 0 Å². The number of urea groups is 1. The van der Waals surface area contributed by atoms with Crippen LogP contribution in [-0.4, -0.2) is 60.3 Å². The minimum Gasteiger partial charge on any atom is -0.393 e. The Hall–Kier alpha value is -1.11. The van der Waals surface area contributed by atoms with Crippen molar-refractivity contribution in [1.29, 1.82) is 0 Å². The second-order valence-electron chi connectivity index (χ2n) is 6.77. The molecule has 2 aliphatic rings. The molecule has 1 saturated carbocycles. The standard InChI is InChI=1S/C17H27N3O2S/c1-19(11-13-3-2-4-15(13)21)17(22)18-7-9-20-8-5-16-14(12-20)6-10-23-16/h6,10,13,15,21H,2-5,7-9,11-12H2,1H3,(H,18,22). The van der Waals surface area contributed by atoms with Gasteiger partial charge in [-0.1, -0.05) is 6.42 Å². The van der Waals surface area contributed by atoms with E-state index in [-0.39, 0.29) is 18.1 Å². The van der Waals surface area contributed by atoms with Crippen molar-refractivity contribution < 1.29 is 9.90 Å². The van der Waals surface area contributed by atoms with Crippen LogP contribution in [0.1, 0.15) is 29.7 Å². The van der Waals surface area contributed by atoms with Gasteiger partial charge in [0.25, 0.3) is 0 Å². The number of carbonyl (C=O) groups excluding carboxylic acids is 1. The molecule has 0 bridgehead atoms. The van der Waals surface area contributed by atoms with Gasteiger partial charge < -0.3 is 15.3 Å². The molecule has 23 heavy (non-hydrogen) atoms. The van der Waals surface area contributed by atoms with E-state index in [1.807, 2.05) is 18.4 Å². The van der Waals surface area contributed by atoms with Crippen LogP contribution in [0.15, 0.2) is 11.4 Å². The lowest BCUT2D eigenvalue weighted by Gasteiger charge is -2.28. The number of aliphatic hydroxyl groups is 1. The highest BCUT2D eigenvalue weighted by Gasteiger charge is 2.27. The number of hydrogen-bond acceptors (Lipinski definition) is 4. The first kappa shape index (κ1) is 16.7. The Morgan fingerprint density at radius 2 is 2.39 bits per heavy atom. The first-order chi connectivity index (χ1) is 11.1. The maximum absolute atomic E-state index is 12.2. The van der Waals surface area contributed by atoms with Gasteiger partial charge in [0.1, 0.15) is 0 Å². The molecule has 2 atom stereocenters. The van der Waals surface area contributed by atoms with Crippen molar-refractivity contribution in [3.8, 4) is 0 Å². The molecule has 1 aliphatic carbocycles. The summed E-state index contributed by atoms with van der Waals surface area (Å²) in [4.78, 5) is 17.8. The first-order valence-electron chi connectivity index (χ1n) is 8.58. The molecule has 6 heteroatoms. The molecule has 0 radical (unpaired) electrons. The predicted molar refractivity (Wildman–Crippen MR) is 92.7 cm³/mol. The van der Waals surface area contributed by atoms with Crippen molar-refractivity contribution in [1.82, 2.24) is 15.1 Å². The van der Waals surface area contributed by atoms with Gasteiger partial charge in [-0.25, -0.2) is 4.79 Å². The number of rotatable bonds is 5. The molecule has 1 aromatic heterocycles. The smallest absolute Gasteiger partial charge is 0.317 e. The fourth-order valence-corrected chi connectivity index (χ4v) is 4.51. The summed E-state index contributed by atoms with van der Waals surface area (Å²) >= 11 is 1.85. The Morgan fingerprint density at radius 1 is 1.52 bits per heavy atom. The fraction of sp³-hybridized carbons (Fsp3) is 0.706. The Labute approximate surface area is 142 Å². The Bertz CT molecular complexity index is 534. The van der Waals surface area contributed by atoms with E-state index in [2.05, 4.69) is 21.7 Å².